The van der Waals surface area contributed by atoms with Gasteiger partial charge in [0, 0.05) is 10.4 Å². The molecule has 3 aromatic rings. The quantitative estimate of drug-likeness (QED) is 0.507. The Bertz CT molecular complexity index is 1190. The number of methoxy groups -OCH3 is 1. The first kappa shape index (κ1) is 20.9. The van der Waals surface area contributed by atoms with Crippen LogP contribution in [0.4, 0.5) is 0 Å². The Labute approximate surface area is 192 Å². The third kappa shape index (κ3) is 2.54. The van der Waals surface area contributed by atoms with Crippen LogP contribution < -0.4 is 9.47 Å². The first-order valence-corrected chi connectivity index (χ1v) is 10.8. The van der Waals surface area contributed by atoms with Gasteiger partial charge in [-0.15, -0.1) is 0 Å². The molecule has 1 aliphatic carbocycles. The highest BCUT2D eigenvalue weighted by atomic mass is 79.9. The smallest absolute Gasteiger partial charge is 0.310 e. The normalized spacial score (nSPS) is 30.3. The Morgan fingerprint density at radius 3 is 2.44 bits per heavy atom. The second-order valence-corrected chi connectivity index (χ2v) is 8.94. The lowest BCUT2D eigenvalue weighted by molar-refractivity contribution is -0.159. The van der Waals surface area contributed by atoms with Crippen molar-refractivity contribution in [1.82, 2.24) is 4.98 Å². The molecule has 0 spiro atoms. The highest BCUT2D eigenvalue weighted by molar-refractivity contribution is 9.10. The van der Waals surface area contributed by atoms with Crippen LogP contribution in [-0.2, 0) is 16.0 Å². The highest BCUT2D eigenvalue weighted by Gasteiger charge is 2.78. The van der Waals surface area contributed by atoms with Crippen molar-refractivity contribution >= 4 is 21.9 Å². The van der Waals surface area contributed by atoms with Crippen molar-refractivity contribution < 1.29 is 29.6 Å². The van der Waals surface area contributed by atoms with Crippen LogP contribution in [0.5, 0.6) is 11.5 Å². The summed E-state index contributed by atoms with van der Waals surface area (Å²) in [5.41, 5.74) is -2.42. The molecule has 1 fully saturated rings. The zero-order valence-electron chi connectivity index (χ0n) is 17.0. The number of carbonyl (C=O) groups is 1. The Morgan fingerprint density at radius 2 is 1.81 bits per heavy atom. The minimum atomic E-state index is -2.12. The molecule has 1 aromatic heterocycles. The molecule has 0 radical (unpaired) electrons. The lowest BCUT2D eigenvalue weighted by Crippen LogP contribution is -2.52. The molecule has 0 saturated heterocycles. The van der Waals surface area contributed by atoms with Crippen molar-refractivity contribution in [2.24, 2.45) is 5.92 Å². The van der Waals surface area contributed by atoms with E-state index >= 15 is 0 Å². The molecular formula is C24H20BrNO6. The number of rotatable bonds is 4. The summed E-state index contributed by atoms with van der Waals surface area (Å²) in [5, 5.41) is 34.0. The van der Waals surface area contributed by atoms with E-state index in [0.717, 1.165) is 4.47 Å². The van der Waals surface area contributed by atoms with E-state index in [1.54, 1.807) is 48.5 Å². The molecule has 0 amide bonds. The molecule has 2 aromatic carbocycles. The van der Waals surface area contributed by atoms with Crippen LogP contribution in [0, 0.1) is 5.92 Å². The van der Waals surface area contributed by atoms with Gasteiger partial charge in [-0.2, -0.15) is 0 Å². The van der Waals surface area contributed by atoms with Crippen molar-refractivity contribution in [1.29, 1.82) is 0 Å². The molecule has 164 valence electrons. The van der Waals surface area contributed by atoms with Crippen LogP contribution in [0.15, 0.2) is 71.5 Å². The Kier molecular flexibility index (Phi) is 4.77. The summed E-state index contributed by atoms with van der Waals surface area (Å²) in [4.78, 5) is 16.6. The number of benzene rings is 2. The zero-order valence-corrected chi connectivity index (χ0v) is 18.6. The van der Waals surface area contributed by atoms with Gasteiger partial charge < -0.3 is 24.8 Å². The molecule has 5 rings (SSSR count). The van der Waals surface area contributed by atoms with Crippen LogP contribution >= 0.6 is 15.9 Å². The molecule has 7 nitrogen and oxygen atoms in total. The van der Waals surface area contributed by atoms with Gasteiger partial charge in [0.05, 0.1) is 31.0 Å². The summed E-state index contributed by atoms with van der Waals surface area (Å²) < 4.78 is 12.7. The minimum Gasteiger partial charge on any atom is -0.495 e. The van der Waals surface area contributed by atoms with Crippen molar-refractivity contribution in [3.63, 3.8) is 0 Å². The van der Waals surface area contributed by atoms with Crippen molar-refractivity contribution in [2.75, 3.05) is 7.11 Å². The van der Waals surface area contributed by atoms with Gasteiger partial charge in [-0.25, -0.2) is 0 Å². The summed E-state index contributed by atoms with van der Waals surface area (Å²) in [6, 6.07) is 16.0. The number of hydrogen-bond acceptors (Lipinski definition) is 6. The van der Waals surface area contributed by atoms with Gasteiger partial charge >= 0.3 is 5.97 Å². The molecule has 3 N–H and O–H groups in total. The SMILES string of the molecule is COc1cncc2c1[C@]1(O)C(O)[C@H](C(=O)O)[C@@H](c3ccccc3)[C@]1(c1ccc(Br)cc1)O2. The lowest BCUT2D eigenvalue weighted by atomic mass is 9.70. The van der Waals surface area contributed by atoms with E-state index in [9.17, 15) is 20.1 Å². The van der Waals surface area contributed by atoms with Gasteiger partial charge in [0.25, 0.3) is 0 Å². The van der Waals surface area contributed by atoms with E-state index in [0.29, 0.717) is 11.1 Å². The molecule has 8 heteroatoms. The average molecular weight is 498 g/mol. The van der Waals surface area contributed by atoms with Crippen LogP contribution in [-0.4, -0.2) is 39.5 Å². The number of halogens is 1. The first-order chi connectivity index (χ1) is 15.4. The van der Waals surface area contributed by atoms with Crippen LogP contribution in [0.3, 0.4) is 0 Å². The number of aromatic nitrogens is 1. The molecular weight excluding hydrogens is 478 g/mol. The Hall–Kier alpha value is -2.94. The maximum atomic E-state index is 12.5. The number of nitrogens with zero attached hydrogens (tertiary/aromatic N) is 1. The van der Waals surface area contributed by atoms with Crippen molar-refractivity contribution in [3.05, 3.63) is 88.2 Å². The van der Waals surface area contributed by atoms with Crippen LogP contribution in [0.1, 0.15) is 22.6 Å². The topological polar surface area (TPSA) is 109 Å². The van der Waals surface area contributed by atoms with E-state index < -0.39 is 35.1 Å². The molecule has 2 heterocycles. The number of aliphatic hydroxyl groups is 2. The number of aliphatic carboxylic acids is 1. The fourth-order valence-corrected chi connectivity index (χ4v) is 5.63. The third-order valence-electron chi connectivity index (χ3n) is 6.60. The average Bonchev–Trinajstić information content (AvgIpc) is 3.18. The predicted octanol–water partition coefficient (Wildman–Crippen LogP) is 3.19. The monoisotopic (exact) mass is 497 g/mol. The minimum absolute atomic E-state index is 0.190. The summed E-state index contributed by atoms with van der Waals surface area (Å²) in [6.45, 7) is 0. The third-order valence-corrected chi connectivity index (χ3v) is 7.13. The fraction of sp³-hybridized carbons (Fsp3) is 0.250. The highest BCUT2D eigenvalue weighted by Crippen LogP contribution is 2.69. The fourth-order valence-electron chi connectivity index (χ4n) is 5.37. The Balaban J connectivity index is 1.89. The van der Waals surface area contributed by atoms with Crippen LogP contribution in [0.25, 0.3) is 0 Å². The molecule has 2 aliphatic rings. The summed E-state index contributed by atoms with van der Waals surface area (Å²) in [6.07, 6.45) is 1.17. The van der Waals surface area contributed by atoms with Crippen LogP contribution in [0.2, 0.25) is 0 Å². The van der Waals surface area contributed by atoms with Gasteiger partial charge in [-0.1, -0.05) is 58.4 Å². The van der Waals surface area contributed by atoms with E-state index in [-0.39, 0.29) is 17.1 Å². The van der Waals surface area contributed by atoms with Gasteiger partial charge in [-0.05, 0) is 23.3 Å². The molecule has 5 atom stereocenters. The number of aliphatic hydroxyl groups excluding tert-OH is 1. The molecule has 32 heavy (non-hydrogen) atoms. The number of fused-ring (bicyclic) bond motifs is 3. The molecule has 0 bridgehead atoms. The van der Waals surface area contributed by atoms with Gasteiger partial charge in [-0.3, -0.25) is 9.78 Å². The van der Waals surface area contributed by atoms with Crippen molar-refractivity contribution in [2.45, 2.75) is 23.2 Å². The van der Waals surface area contributed by atoms with Gasteiger partial charge in [0.15, 0.2) is 11.2 Å². The maximum Gasteiger partial charge on any atom is 0.310 e. The number of carboxylic acids is 1. The Morgan fingerprint density at radius 1 is 1.12 bits per heavy atom. The second-order valence-electron chi connectivity index (χ2n) is 8.02. The predicted molar refractivity (Wildman–Crippen MR) is 117 cm³/mol. The van der Waals surface area contributed by atoms with E-state index in [1.807, 2.05) is 6.07 Å². The van der Waals surface area contributed by atoms with E-state index in [4.69, 9.17) is 9.47 Å². The number of ether oxygens (including phenoxy) is 2. The van der Waals surface area contributed by atoms with Gasteiger partial charge in [0.2, 0.25) is 0 Å². The first-order valence-electron chi connectivity index (χ1n) is 10.0. The molecule has 1 aliphatic heterocycles. The molecule has 1 saturated carbocycles. The summed E-state index contributed by atoms with van der Waals surface area (Å²) in [5.74, 6) is -3.06. The summed E-state index contributed by atoms with van der Waals surface area (Å²) >= 11 is 3.42. The van der Waals surface area contributed by atoms with Gasteiger partial charge in [0.1, 0.15) is 17.6 Å². The zero-order chi connectivity index (χ0) is 22.7. The number of carboxylic acid groups (broad SMARTS) is 1. The van der Waals surface area contributed by atoms with E-state index in [1.165, 1.54) is 19.5 Å². The van der Waals surface area contributed by atoms with E-state index in [2.05, 4.69) is 20.9 Å². The molecule has 1 unspecified atom stereocenters. The number of pyridine rings is 1. The second kappa shape index (κ2) is 7.30. The standard InChI is InChI=1S/C24H20BrNO6/c1-31-16-11-26-12-17-20(16)23(30)21(27)18(22(28)29)19(13-5-3-2-4-6-13)24(23,32-17)14-7-9-15(25)10-8-14/h2-12,18-19,21,27,30H,1H3,(H,28,29)/t18-,19-,21?,23+,24+/m1/s1. The van der Waals surface area contributed by atoms with Crippen molar-refractivity contribution in [3.8, 4) is 11.5 Å². The summed E-state index contributed by atoms with van der Waals surface area (Å²) in [7, 11) is 1.42. The number of hydrogen-bond donors (Lipinski definition) is 3. The largest absolute Gasteiger partial charge is 0.495 e. The lowest BCUT2D eigenvalue weighted by Gasteiger charge is -2.40. The maximum absolute atomic E-state index is 12.5.